The smallest absolute Gasteiger partial charge is 0.331 e. The van der Waals surface area contributed by atoms with Crippen LogP contribution in [-0.2, 0) is 14.3 Å². The first kappa shape index (κ1) is 20.8. The number of nitrogens with one attached hydrogen (secondary N) is 1. The van der Waals surface area contributed by atoms with Crippen LogP contribution in [0.4, 0.5) is 0 Å². The lowest BCUT2D eigenvalue weighted by molar-refractivity contribution is -0.144. The number of esters is 1. The molecule has 0 saturated heterocycles. The van der Waals surface area contributed by atoms with E-state index in [4.69, 9.17) is 14.2 Å². The van der Waals surface area contributed by atoms with Crippen molar-refractivity contribution in [2.75, 3.05) is 20.8 Å². The molecular weight excluding hydrogens is 346 g/mol. The van der Waals surface area contributed by atoms with Crippen LogP contribution in [0.2, 0.25) is 0 Å². The molecule has 2 rings (SSSR count). The second kappa shape index (κ2) is 10.00. The van der Waals surface area contributed by atoms with E-state index in [0.29, 0.717) is 28.9 Å². The Morgan fingerprint density at radius 2 is 1.96 bits per heavy atom. The fourth-order valence-corrected chi connectivity index (χ4v) is 3.42. The first-order valence-electron chi connectivity index (χ1n) is 9.31. The Labute approximate surface area is 160 Å². The third-order valence-electron chi connectivity index (χ3n) is 5.23. The summed E-state index contributed by atoms with van der Waals surface area (Å²) in [4.78, 5) is 24.0. The molecule has 148 valence electrons. The topological polar surface area (TPSA) is 73.9 Å². The molecule has 6 heteroatoms. The van der Waals surface area contributed by atoms with Crippen LogP contribution in [0.5, 0.6) is 11.5 Å². The number of benzene rings is 1. The summed E-state index contributed by atoms with van der Waals surface area (Å²) < 4.78 is 15.6. The molecule has 1 amide bonds. The minimum atomic E-state index is -0.583. The average molecular weight is 375 g/mol. The van der Waals surface area contributed by atoms with Crippen molar-refractivity contribution < 1.29 is 23.8 Å². The minimum Gasteiger partial charge on any atom is -0.493 e. The third kappa shape index (κ3) is 5.74. The number of amides is 1. The van der Waals surface area contributed by atoms with Crippen molar-refractivity contribution in [2.45, 2.75) is 39.2 Å². The highest BCUT2D eigenvalue weighted by molar-refractivity contribution is 5.90. The van der Waals surface area contributed by atoms with E-state index < -0.39 is 5.97 Å². The van der Waals surface area contributed by atoms with Crippen molar-refractivity contribution in [1.82, 2.24) is 5.32 Å². The molecule has 1 saturated carbocycles. The van der Waals surface area contributed by atoms with Crippen LogP contribution in [0.25, 0.3) is 6.08 Å². The summed E-state index contributed by atoms with van der Waals surface area (Å²) in [7, 11) is 3.08. The van der Waals surface area contributed by atoms with Gasteiger partial charge in [0, 0.05) is 17.7 Å². The van der Waals surface area contributed by atoms with Crippen LogP contribution in [0, 0.1) is 11.8 Å². The molecule has 0 heterocycles. The highest BCUT2D eigenvalue weighted by Crippen LogP contribution is 2.31. The van der Waals surface area contributed by atoms with E-state index in [9.17, 15) is 9.59 Å². The molecule has 27 heavy (non-hydrogen) atoms. The van der Waals surface area contributed by atoms with Crippen molar-refractivity contribution in [1.29, 1.82) is 0 Å². The van der Waals surface area contributed by atoms with Crippen LogP contribution < -0.4 is 14.8 Å². The predicted octanol–water partition coefficient (Wildman–Crippen LogP) is 3.20. The maximum atomic E-state index is 12.1. The van der Waals surface area contributed by atoms with Gasteiger partial charge in [0.2, 0.25) is 0 Å². The SMILES string of the molecule is COc1cccc(/C=C/C(=O)OCC(=O)N[C@H]2CCC[C@H](C)[C@@H]2C)c1OC. The molecule has 1 aromatic carbocycles. The molecule has 0 unspecified atom stereocenters. The summed E-state index contributed by atoms with van der Waals surface area (Å²) >= 11 is 0. The lowest BCUT2D eigenvalue weighted by Crippen LogP contribution is -2.45. The Bertz CT molecular complexity index is 685. The minimum absolute atomic E-state index is 0.150. The predicted molar refractivity (Wildman–Crippen MR) is 104 cm³/mol. The highest BCUT2D eigenvalue weighted by atomic mass is 16.5. The molecular formula is C21H29NO5. The third-order valence-corrected chi connectivity index (χ3v) is 5.23. The van der Waals surface area contributed by atoms with E-state index in [1.807, 2.05) is 0 Å². The van der Waals surface area contributed by atoms with E-state index in [2.05, 4.69) is 19.2 Å². The van der Waals surface area contributed by atoms with Crippen LogP contribution in [0.3, 0.4) is 0 Å². The van der Waals surface area contributed by atoms with Gasteiger partial charge in [-0.1, -0.05) is 38.8 Å². The molecule has 1 aliphatic carbocycles. The van der Waals surface area contributed by atoms with Crippen LogP contribution >= 0.6 is 0 Å². The first-order chi connectivity index (χ1) is 13.0. The molecule has 1 aromatic rings. The molecule has 0 radical (unpaired) electrons. The molecule has 0 spiro atoms. The standard InChI is InChI=1S/C21H29NO5/c1-14-7-5-9-17(15(14)2)22-19(23)13-27-20(24)12-11-16-8-6-10-18(25-3)21(16)26-4/h6,8,10-12,14-15,17H,5,7,9,13H2,1-4H3,(H,22,23)/b12-11+/t14-,15-,17-/m0/s1. The fourth-order valence-electron chi connectivity index (χ4n) is 3.42. The van der Waals surface area contributed by atoms with Crippen molar-refractivity contribution in [2.24, 2.45) is 11.8 Å². The molecule has 6 nitrogen and oxygen atoms in total. The average Bonchev–Trinajstić information content (AvgIpc) is 2.67. The Morgan fingerprint density at radius 1 is 1.19 bits per heavy atom. The lowest BCUT2D eigenvalue weighted by atomic mass is 9.78. The monoisotopic (exact) mass is 375 g/mol. The van der Waals surface area contributed by atoms with Crippen LogP contribution in [0.1, 0.15) is 38.7 Å². The molecule has 1 N–H and O–H groups in total. The second-order valence-corrected chi connectivity index (χ2v) is 6.97. The Kier molecular flexibility index (Phi) is 7.70. The zero-order valence-corrected chi connectivity index (χ0v) is 16.5. The molecule has 0 aliphatic heterocycles. The number of hydrogen-bond donors (Lipinski definition) is 1. The highest BCUT2D eigenvalue weighted by Gasteiger charge is 2.28. The summed E-state index contributed by atoms with van der Waals surface area (Å²) in [6, 6.07) is 5.51. The van der Waals surface area contributed by atoms with Crippen molar-refractivity contribution in [3.8, 4) is 11.5 Å². The molecule has 1 aliphatic rings. The molecule has 3 atom stereocenters. The fraction of sp³-hybridized carbons (Fsp3) is 0.524. The number of carbonyl (C=O) groups is 2. The van der Waals surface area contributed by atoms with Gasteiger partial charge in [0.25, 0.3) is 5.91 Å². The van der Waals surface area contributed by atoms with Gasteiger partial charge in [-0.3, -0.25) is 4.79 Å². The van der Waals surface area contributed by atoms with Gasteiger partial charge in [-0.05, 0) is 30.4 Å². The number of hydrogen-bond acceptors (Lipinski definition) is 5. The summed E-state index contributed by atoms with van der Waals surface area (Å²) in [6.45, 7) is 4.09. The van der Waals surface area contributed by atoms with E-state index in [1.165, 1.54) is 19.6 Å². The Hall–Kier alpha value is -2.50. The van der Waals surface area contributed by atoms with Gasteiger partial charge < -0.3 is 19.5 Å². The van der Waals surface area contributed by atoms with E-state index in [1.54, 1.807) is 31.4 Å². The summed E-state index contributed by atoms with van der Waals surface area (Å²) in [6.07, 6.45) is 6.13. The molecule has 0 aromatic heterocycles. The number of ether oxygens (including phenoxy) is 3. The molecule has 1 fully saturated rings. The Morgan fingerprint density at radius 3 is 2.67 bits per heavy atom. The zero-order valence-electron chi connectivity index (χ0n) is 16.5. The van der Waals surface area contributed by atoms with Gasteiger partial charge >= 0.3 is 5.97 Å². The van der Waals surface area contributed by atoms with Crippen molar-refractivity contribution in [3.63, 3.8) is 0 Å². The van der Waals surface area contributed by atoms with Crippen molar-refractivity contribution in [3.05, 3.63) is 29.8 Å². The number of para-hydroxylation sites is 1. The van der Waals surface area contributed by atoms with Crippen LogP contribution in [-0.4, -0.2) is 38.7 Å². The summed E-state index contributed by atoms with van der Waals surface area (Å²) in [5, 5.41) is 2.98. The summed E-state index contributed by atoms with van der Waals surface area (Å²) in [5.74, 6) is 1.28. The van der Waals surface area contributed by atoms with Gasteiger partial charge in [0.05, 0.1) is 14.2 Å². The maximum absolute atomic E-state index is 12.1. The van der Waals surface area contributed by atoms with Gasteiger partial charge in [0.1, 0.15) is 0 Å². The number of methoxy groups -OCH3 is 2. The molecule has 0 bridgehead atoms. The normalized spacial score (nSPS) is 22.3. The van der Waals surface area contributed by atoms with Crippen LogP contribution in [0.15, 0.2) is 24.3 Å². The number of carbonyl (C=O) groups excluding carboxylic acids is 2. The summed E-state index contributed by atoms with van der Waals surface area (Å²) in [5.41, 5.74) is 0.684. The number of rotatable bonds is 7. The van der Waals surface area contributed by atoms with Gasteiger partial charge in [0.15, 0.2) is 18.1 Å². The second-order valence-electron chi connectivity index (χ2n) is 6.97. The van der Waals surface area contributed by atoms with E-state index in [0.717, 1.165) is 12.8 Å². The van der Waals surface area contributed by atoms with Crippen molar-refractivity contribution >= 4 is 18.0 Å². The van der Waals surface area contributed by atoms with Gasteiger partial charge in [-0.25, -0.2) is 4.79 Å². The first-order valence-corrected chi connectivity index (χ1v) is 9.31. The lowest BCUT2D eigenvalue weighted by Gasteiger charge is -2.34. The van der Waals surface area contributed by atoms with E-state index >= 15 is 0 Å². The van der Waals surface area contributed by atoms with Gasteiger partial charge in [-0.15, -0.1) is 0 Å². The largest absolute Gasteiger partial charge is 0.493 e. The maximum Gasteiger partial charge on any atom is 0.331 e. The quantitative estimate of drug-likeness (QED) is 0.585. The van der Waals surface area contributed by atoms with Gasteiger partial charge in [-0.2, -0.15) is 0 Å². The van der Waals surface area contributed by atoms with E-state index in [-0.39, 0.29) is 18.6 Å². The zero-order chi connectivity index (χ0) is 19.8. The Balaban J connectivity index is 1.85.